The van der Waals surface area contributed by atoms with Crippen LogP contribution in [0.5, 0.6) is 0 Å². The molecule has 3 amide bonds. The van der Waals surface area contributed by atoms with Gasteiger partial charge in [0.25, 0.3) is 5.91 Å². The van der Waals surface area contributed by atoms with Crippen molar-refractivity contribution in [2.75, 3.05) is 22.1 Å². The monoisotopic (exact) mass is 363 g/mol. The number of para-hydroxylation sites is 2. The number of carbonyl (C=O) groups is 3. The molecule has 2 N–H and O–H groups in total. The number of fused-ring (bicyclic) bond motifs is 1. The maximum Gasteiger partial charge on any atom is 0.258 e. The van der Waals surface area contributed by atoms with Gasteiger partial charge in [0.1, 0.15) is 6.54 Å². The van der Waals surface area contributed by atoms with Crippen LogP contribution in [-0.2, 0) is 9.59 Å². The maximum atomic E-state index is 12.9. The first-order valence-electron chi connectivity index (χ1n) is 9.23. The molecule has 1 aliphatic heterocycles. The summed E-state index contributed by atoms with van der Waals surface area (Å²) in [6.45, 7) is -0.0178. The van der Waals surface area contributed by atoms with Crippen molar-refractivity contribution >= 4 is 34.8 Å². The van der Waals surface area contributed by atoms with E-state index in [0.717, 1.165) is 25.7 Å². The van der Waals surface area contributed by atoms with Gasteiger partial charge in [-0.05, 0) is 49.2 Å². The molecule has 6 nitrogen and oxygen atoms in total. The highest BCUT2D eigenvalue weighted by Crippen LogP contribution is 2.30. The quantitative estimate of drug-likeness (QED) is 0.877. The lowest BCUT2D eigenvalue weighted by atomic mass is 10.1. The van der Waals surface area contributed by atoms with Crippen molar-refractivity contribution in [2.45, 2.75) is 25.7 Å². The second kappa shape index (κ2) is 7.23. The number of anilines is 3. The normalized spacial score (nSPS) is 16.6. The number of hydrogen-bond acceptors (Lipinski definition) is 3. The third kappa shape index (κ3) is 3.56. The van der Waals surface area contributed by atoms with Gasteiger partial charge in [-0.15, -0.1) is 0 Å². The predicted molar refractivity (Wildman–Crippen MR) is 104 cm³/mol. The van der Waals surface area contributed by atoms with E-state index in [1.54, 1.807) is 30.3 Å². The van der Waals surface area contributed by atoms with Crippen LogP contribution in [0.15, 0.2) is 48.5 Å². The molecule has 138 valence electrons. The Bertz CT molecular complexity index is 886. The molecule has 1 aliphatic carbocycles. The SMILES string of the molecule is O=C1CN(C(=O)c2ccc(NC(=O)C3CCCC3)cc2)c2ccccc2N1. The first kappa shape index (κ1) is 17.3. The average molecular weight is 363 g/mol. The average Bonchev–Trinajstić information content (AvgIpc) is 3.22. The molecule has 0 radical (unpaired) electrons. The predicted octanol–water partition coefficient (Wildman–Crippen LogP) is 3.41. The summed E-state index contributed by atoms with van der Waals surface area (Å²) in [6, 6.07) is 14.1. The summed E-state index contributed by atoms with van der Waals surface area (Å²) in [4.78, 5) is 38.5. The van der Waals surface area contributed by atoms with Gasteiger partial charge in [-0.25, -0.2) is 0 Å². The van der Waals surface area contributed by atoms with Gasteiger partial charge in [-0.3, -0.25) is 19.3 Å². The Morgan fingerprint density at radius 2 is 1.70 bits per heavy atom. The highest BCUT2D eigenvalue weighted by molar-refractivity contribution is 6.15. The Hall–Kier alpha value is -3.15. The van der Waals surface area contributed by atoms with Crippen molar-refractivity contribution < 1.29 is 14.4 Å². The second-order valence-corrected chi connectivity index (χ2v) is 7.00. The van der Waals surface area contributed by atoms with Crippen molar-refractivity contribution in [3.63, 3.8) is 0 Å². The number of hydrogen-bond donors (Lipinski definition) is 2. The van der Waals surface area contributed by atoms with Crippen LogP contribution >= 0.6 is 0 Å². The summed E-state index contributed by atoms with van der Waals surface area (Å²) in [5.74, 6) is -0.323. The van der Waals surface area contributed by atoms with Crippen LogP contribution in [0.4, 0.5) is 17.1 Å². The summed E-state index contributed by atoms with van der Waals surface area (Å²) >= 11 is 0. The Labute approximate surface area is 157 Å². The van der Waals surface area contributed by atoms with Gasteiger partial charge in [0.15, 0.2) is 0 Å². The number of nitrogens with zero attached hydrogens (tertiary/aromatic N) is 1. The van der Waals surface area contributed by atoms with Crippen LogP contribution in [0.25, 0.3) is 0 Å². The van der Waals surface area contributed by atoms with E-state index in [4.69, 9.17) is 0 Å². The number of amides is 3. The standard InChI is InChI=1S/C21H21N3O3/c25-19-13-24(18-8-4-3-7-17(18)23-19)21(27)15-9-11-16(12-10-15)22-20(26)14-5-1-2-6-14/h3-4,7-12,14H,1-2,5-6,13H2,(H,22,26)(H,23,25). The minimum Gasteiger partial charge on any atom is -0.326 e. The van der Waals surface area contributed by atoms with E-state index in [1.165, 1.54) is 4.90 Å². The van der Waals surface area contributed by atoms with Crippen molar-refractivity contribution in [1.29, 1.82) is 0 Å². The first-order chi connectivity index (χ1) is 13.1. The molecular weight excluding hydrogens is 342 g/mol. The molecule has 0 atom stereocenters. The van der Waals surface area contributed by atoms with Gasteiger partial charge in [-0.2, -0.15) is 0 Å². The van der Waals surface area contributed by atoms with E-state index >= 15 is 0 Å². The van der Waals surface area contributed by atoms with E-state index < -0.39 is 0 Å². The molecule has 1 saturated carbocycles. The minimum absolute atomic E-state index is 0.0178. The Morgan fingerprint density at radius 3 is 2.44 bits per heavy atom. The van der Waals surface area contributed by atoms with E-state index in [0.29, 0.717) is 22.6 Å². The lowest BCUT2D eigenvalue weighted by Crippen LogP contribution is -2.42. The summed E-state index contributed by atoms with van der Waals surface area (Å²) in [7, 11) is 0. The Kier molecular flexibility index (Phi) is 4.62. The zero-order valence-electron chi connectivity index (χ0n) is 14.9. The molecule has 1 fully saturated rings. The molecule has 2 aliphatic rings. The first-order valence-corrected chi connectivity index (χ1v) is 9.23. The van der Waals surface area contributed by atoms with Crippen LogP contribution in [0, 0.1) is 5.92 Å². The van der Waals surface area contributed by atoms with E-state index in [-0.39, 0.29) is 30.2 Å². The van der Waals surface area contributed by atoms with Gasteiger partial charge in [0, 0.05) is 17.2 Å². The molecule has 6 heteroatoms. The van der Waals surface area contributed by atoms with Gasteiger partial charge >= 0.3 is 0 Å². The van der Waals surface area contributed by atoms with Gasteiger partial charge in [-0.1, -0.05) is 25.0 Å². The van der Waals surface area contributed by atoms with Crippen molar-refractivity contribution in [1.82, 2.24) is 0 Å². The van der Waals surface area contributed by atoms with Crippen LogP contribution < -0.4 is 15.5 Å². The fourth-order valence-corrected chi connectivity index (χ4v) is 3.70. The fourth-order valence-electron chi connectivity index (χ4n) is 3.70. The van der Waals surface area contributed by atoms with Gasteiger partial charge in [0.2, 0.25) is 11.8 Å². The molecule has 0 bridgehead atoms. The zero-order valence-corrected chi connectivity index (χ0v) is 14.9. The Balaban J connectivity index is 1.50. The van der Waals surface area contributed by atoms with E-state index in [9.17, 15) is 14.4 Å². The molecule has 0 saturated heterocycles. The molecule has 1 heterocycles. The molecular formula is C21H21N3O3. The highest BCUT2D eigenvalue weighted by atomic mass is 16.2. The number of benzene rings is 2. The lowest BCUT2D eigenvalue weighted by molar-refractivity contribution is -0.119. The summed E-state index contributed by atoms with van der Waals surface area (Å²) < 4.78 is 0. The molecule has 0 unspecified atom stereocenters. The van der Waals surface area contributed by atoms with Gasteiger partial charge in [0.05, 0.1) is 11.4 Å². The summed E-state index contributed by atoms with van der Waals surface area (Å²) in [5, 5.41) is 5.70. The summed E-state index contributed by atoms with van der Waals surface area (Å²) in [5.41, 5.74) is 2.46. The molecule has 0 aromatic heterocycles. The molecule has 4 rings (SSSR count). The van der Waals surface area contributed by atoms with E-state index in [2.05, 4.69) is 10.6 Å². The Morgan fingerprint density at radius 1 is 1.00 bits per heavy atom. The van der Waals surface area contributed by atoms with Crippen molar-refractivity contribution in [2.24, 2.45) is 5.92 Å². The van der Waals surface area contributed by atoms with Crippen molar-refractivity contribution in [3.05, 3.63) is 54.1 Å². The van der Waals surface area contributed by atoms with Crippen LogP contribution in [0.2, 0.25) is 0 Å². The molecule has 2 aromatic carbocycles. The van der Waals surface area contributed by atoms with Crippen LogP contribution in [0.3, 0.4) is 0 Å². The smallest absolute Gasteiger partial charge is 0.258 e. The third-order valence-electron chi connectivity index (χ3n) is 5.14. The lowest BCUT2D eigenvalue weighted by Gasteiger charge is -2.29. The van der Waals surface area contributed by atoms with Crippen LogP contribution in [-0.4, -0.2) is 24.3 Å². The molecule has 0 spiro atoms. The van der Waals surface area contributed by atoms with Crippen molar-refractivity contribution in [3.8, 4) is 0 Å². The van der Waals surface area contributed by atoms with E-state index in [1.807, 2.05) is 18.2 Å². The summed E-state index contributed by atoms with van der Waals surface area (Å²) in [6.07, 6.45) is 4.10. The largest absolute Gasteiger partial charge is 0.326 e. The molecule has 27 heavy (non-hydrogen) atoms. The number of carbonyl (C=O) groups excluding carboxylic acids is 3. The number of rotatable bonds is 3. The van der Waals surface area contributed by atoms with Crippen LogP contribution in [0.1, 0.15) is 36.0 Å². The minimum atomic E-state index is -0.244. The maximum absolute atomic E-state index is 12.9. The molecule has 2 aromatic rings. The topological polar surface area (TPSA) is 78.5 Å². The second-order valence-electron chi connectivity index (χ2n) is 7.00. The number of nitrogens with one attached hydrogen (secondary N) is 2. The van der Waals surface area contributed by atoms with Gasteiger partial charge < -0.3 is 10.6 Å². The third-order valence-corrected chi connectivity index (χ3v) is 5.14. The highest BCUT2D eigenvalue weighted by Gasteiger charge is 2.27. The fraction of sp³-hybridized carbons (Fsp3) is 0.286. The zero-order chi connectivity index (χ0) is 18.8.